The van der Waals surface area contributed by atoms with Crippen molar-refractivity contribution in [3.63, 3.8) is 0 Å². The molecule has 0 spiro atoms. The smallest absolute Gasteiger partial charge is 0.257 e. The van der Waals surface area contributed by atoms with Crippen molar-refractivity contribution in [1.29, 1.82) is 0 Å². The molecule has 0 radical (unpaired) electrons. The lowest BCUT2D eigenvalue weighted by Gasteiger charge is -1.97. The second kappa shape index (κ2) is 4.76. The summed E-state index contributed by atoms with van der Waals surface area (Å²) in [5, 5.41) is 11.5. The van der Waals surface area contributed by atoms with Gasteiger partial charge in [-0.1, -0.05) is 11.6 Å². The highest BCUT2D eigenvalue weighted by Crippen LogP contribution is 2.29. The third kappa shape index (κ3) is 2.86. The van der Waals surface area contributed by atoms with E-state index in [-0.39, 0.29) is 0 Å². The molecule has 0 aliphatic heterocycles. The van der Waals surface area contributed by atoms with Gasteiger partial charge in [-0.05, 0) is 25.0 Å². The van der Waals surface area contributed by atoms with Gasteiger partial charge in [-0.3, -0.25) is 0 Å². The fourth-order valence-corrected chi connectivity index (χ4v) is 2.52. The van der Waals surface area contributed by atoms with Crippen LogP contribution in [0.5, 0.6) is 0 Å². The average molecular weight is 270 g/mol. The maximum atomic E-state index is 5.86. The molecule has 1 fully saturated rings. The second-order valence-corrected chi connectivity index (χ2v) is 5.80. The summed E-state index contributed by atoms with van der Waals surface area (Å²) in [5.74, 6) is 1.24. The molecule has 0 saturated heterocycles. The molecule has 6 heteroatoms. The highest BCUT2D eigenvalue weighted by Gasteiger charge is 2.20. The van der Waals surface area contributed by atoms with Crippen LogP contribution < -0.4 is 5.32 Å². The Labute approximate surface area is 108 Å². The monoisotopic (exact) mass is 269 g/mol. The maximum Gasteiger partial charge on any atom is 0.257 e. The van der Waals surface area contributed by atoms with Crippen LogP contribution >= 0.6 is 22.9 Å². The molecule has 3 rings (SSSR count). The molecule has 0 unspecified atom stereocenters. The molecular formula is C11H12ClN3OS. The van der Waals surface area contributed by atoms with Crippen molar-refractivity contribution in [3.05, 3.63) is 22.4 Å². The Morgan fingerprint density at radius 3 is 3.00 bits per heavy atom. The Morgan fingerprint density at radius 2 is 2.29 bits per heavy atom. The summed E-state index contributed by atoms with van der Waals surface area (Å²) in [6.07, 6.45) is 3.37. The van der Waals surface area contributed by atoms with Crippen LogP contribution in [0.4, 0.5) is 0 Å². The zero-order valence-electron chi connectivity index (χ0n) is 9.15. The number of halogens is 1. The zero-order chi connectivity index (χ0) is 11.7. The fraction of sp³-hybridized carbons (Fsp3) is 0.455. The third-order valence-corrected chi connectivity index (χ3v) is 3.82. The highest BCUT2D eigenvalue weighted by atomic mass is 35.5. The molecule has 0 amide bonds. The minimum absolute atomic E-state index is 0.559. The van der Waals surface area contributed by atoms with Crippen LogP contribution in [0.1, 0.15) is 18.7 Å². The number of nitrogens with zero attached hydrogens (tertiary/aromatic N) is 2. The summed E-state index contributed by atoms with van der Waals surface area (Å²) in [6, 6.07) is 4.45. The minimum atomic E-state index is 0.559. The van der Waals surface area contributed by atoms with E-state index in [0.29, 0.717) is 17.8 Å². The molecule has 2 heterocycles. The summed E-state index contributed by atoms with van der Waals surface area (Å²) >= 11 is 7.31. The quantitative estimate of drug-likeness (QED) is 0.907. The first kappa shape index (κ1) is 11.2. The Balaban J connectivity index is 1.61. The van der Waals surface area contributed by atoms with Gasteiger partial charge in [-0.15, -0.1) is 21.5 Å². The van der Waals surface area contributed by atoms with Gasteiger partial charge < -0.3 is 9.73 Å². The molecule has 4 nitrogen and oxygen atoms in total. The molecule has 1 aliphatic carbocycles. The van der Waals surface area contributed by atoms with Crippen molar-refractivity contribution >= 4 is 22.9 Å². The Kier molecular flexibility index (Phi) is 3.13. The number of hydrogen-bond acceptors (Lipinski definition) is 5. The molecule has 90 valence electrons. The molecule has 1 saturated carbocycles. The summed E-state index contributed by atoms with van der Waals surface area (Å²) in [4.78, 5) is 0.920. The van der Waals surface area contributed by atoms with Crippen molar-refractivity contribution in [1.82, 2.24) is 15.5 Å². The molecule has 2 aromatic rings. The van der Waals surface area contributed by atoms with Gasteiger partial charge in [0.1, 0.15) is 0 Å². The van der Waals surface area contributed by atoms with Crippen LogP contribution in [0.3, 0.4) is 0 Å². The van der Waals surface area contributed by atoms with Gasteiger partial charge in [0.2, 0.25) is 5.89 Å². The van der Waals surface area contributed by atoms with E-state index in [9.17, 15) is 0 Å². The molecule has 0 atom stereocenters. The largest absolute Gasteiger partial charge is 0.420 e. The molecule has 17 heavy (non-hydrogen) atoms. The van der Waals surface area contributed by atoms with E-state index in [0.717, 1.165) is 22.2 Å². The van der Waals surface area contributed by atoms with Crippen LogP contribution in [0.15, 0.2) is 16.5 Å². The predicted molar refractivity (Wildman–Crippen MR) is 67.3 cm³/mol. The topological polar surface area (TPSA) is 51.0 Å². The average Bonchev–Trinajstić information content (AvgIpc) is 2.85. The number of rotatable bonds is 5. The maximum absolute atomic E-state index is 5.86. The standard InChI is InChI=1S/C11H12ClN3OS/c12-9-4-3-8(17-9)11-15-14-10(16-11)5-6-13-7-1-2-7/h3-4,7,13H,1-2,5-6H2. The highest BCUT2D eigenvalue weighted by molar-refractivity contribution is 7.19. The van der Waals surface area contributed by atoms with Crippen molar-refractivity contribution in [2.24, 2.45) is 0 Å². The van der Waals surface area contributed by atoms with E-state index in [1.807, 2.05) is 12.1 Å². The van der Waals surface area contributed by atoms with E-state index in [2.05, 4.69) is 15.5 Å². The van der Waals surface area contributed by atoms with Gasteiger partial charge in [0.15, 0.2) is 0 Å². The van der Waals surface area contributed by atoms with Crippen molar-refractivity contribution in [3.8, 4) is 10.8 Å². The SMILES string of the molecule is Clc1ccc(-c2nnc(CCNC3CC3)o2)s1. The summed E-state index contributed by atoms with van der Waals surface area (Å²) in [5.41, 5.74) is 0. The van der Waals surface area contributed by atoms with Crippen LogP contribution in [-0.2, 0) is 6.42 Å². The van der Waals surface area contributed by atoms with E-state index in [1.165, 1.54) is 24.2 Å². The van der Waals surface area contributed by atoms with Crippen LogP contribution in [-0.4, -0.2) is 22.8 Å². The molecule has 1 aliphatic rings. The van der Waals surface area contributed by atoms with Crippen LogP contribution in [0.25, 0.3) is 10.8 Å². The number of thiophene rings is 1. The number of aromatic nitrogens is 2. The number of nitrogens with one attached hydrogen (secondary N) is 1. The van der Waals surface area contributed by atoms with Gasteiger partial charge in [0.05, 0.1) is 9.21 Å². The van der Waals surface area contributed by atoms with E-state index < -0.39 is 0 Å². The first-order valence-electron chi connectivity index (χ1n) is 5.63. The second-order valence-electron chi connectivity index (χ2n) is 4.08. The van der Waals surface area contributed by atoms with Crippen molar-refractivity contribution < 1.29 is 4.42 Å². The molecule has 0 bridgehead atoms. The van der Waals surface area contributed by atoms with Gasteiger partial charge in [-0.2, -0.15) is 0 Å². The molecular weight excluding hydrogens is 258 g/mol. The van der Waals surface area contributed by atoms with Crippen LogP contribution in [0.2, 0.25) is 4.34 Å². The zero-order valence-corrected chi connectivity index (χ0v) is 10.7. The summed E-state index contributed by atoms with van der Waals surface area (Å²) in [7, 11) is 0. The lowest BCUT2D eigenvalue weighted by atomic mass is 10.4. The third-order valence-electron chi connectivity index (χ3n) is 2.60. The predicted octanol–water partition coefficient (Wildman–Crippen LogP) is 2.75. The fourth-order valence-electron chi connectivity index (χ4n) is 1.55. The Bertz CT molecular complexity index is 506. The lowest BCUT2D eigenvalue weighted by molar-refractivity contribution is 0.495. The molecule has 0 aromatic carbocycles. The Morgan fingerprint density at radius 1 is 1.41 bits per heavy atom. The first-order valence-corrected chi connectivity index (χ1v) is 6.82. The normalized spacial score (nSPS) is 15.4. The van der Waals surface area contributed by atoms with E-state index in [4.69, 9.17) is 16.0 Å². The molecule has 2 aromatic heterocycles. The van der Waals surface area contributed by atoms with Crippen molar-refractivity contribution in [2.75, 3.05) is 6.54 Å². The van der Waals surface area contributed by atoms with Gasteiger partial charge in [-0.25, -0.2) is 0 Å². The van der Waals surface area contributed by atoms with Crippen molar-refractivity contribution in [2.45, 2.75) is 25.3 Å². The van der Waals surface area contributed by atoms with Gasteiger partial charge >= 0.3 is 0 Å². The Hall–Kier alpha value is -0.910. The van der Waals surface area contributed by atoms with Gasteiger partial charge in [0.25, 0.3) is 5.89 Å². The van der Waals surface area contributed by atoms with E-state index >= 15 is 0 Å². The van der Waals surface area contributed by atoms with E-state index in [1.54, 1.807) is 0 Å². The minimum Gasteiger partial charge on any atom is -0.420 e. The molecule has 1 N–H and O–H groups in total. The number of hydrogen-bond donors (Lipinski definition) is 1. The lowest BCUT2D eigenvalue weighted by Crippen LogP contribution is -2.19. The summed E-state index contributed by atoms with van der Waals surface area (Å²) < 4.78 is 6.31. The first-order chi connectivity index (χ1) is 8.31. The van der Waals surface area contributed by atoms with Crippen LogP contribution in [0, 0.1) is 0 Å². The summed E-state index contributed by atoms with van der Waals surface area (Å²) in [6.45, 7) is 0.900. The van der Waals surface area contributed by atoms with Gasteiger partial charge in [0, 0.05) is 19.0 Å².